The molecule has 0 bridgehead atoms. The van der Waals surface area contributed by atoms with Gasteiger partial charge in [-0.1, -0.05) is 52.2 Å². The average molecular weight is 314 g/mol. The number of nitrogens with zero attached hydrogens (tertiary/aromatic N) is 1. The van der Waals surface area contributed by atoms with Crippen LogP contribution in [0.3, 0.4) is 0 Å². The van der Waals surface area contributed by atoms with Gasteiger partial charge in [0.1, 0.15) is 11.3 Å². The van der Waals surface area contributed by atoms with Crippen molar-refractivity contribution < 1.29 is 9.53 Å². The number of carbonyl (C=O) groups is 1. The second kappa shape index (κ2) is 7.04. The molecular weight excluding hydrogens is 288 g/mol. The number of nitrogens with one attached hydrogen (secondary N) is 1. The zero-order valence-corrected chi connectivity index (χ0v) is 14.3. The Morgan fingerprint density at radius 3 is 2.35 bits per heavy atom. The topological polar surface area (TPSA) is 62.1 Å². The first-order valence-corrected chi connectivity index (χ1v) is 8.30. The van der Waals surface area contributed by atoms with Gasteiger partial charge < -0.3 is 10.1 Å². The summed E-state index contributed by atoms with van der Waals surface area (Å²) >= 11 is 0. The SMILES string of the molecule is CC(C)(C)c1ccc(OCC(=O)NC2(C#N)CCCCC2)cc1. The number of nitriles is 1. The van der Waals surface area contributed by atoms with E-state index < -0.39 is 5.54 Å². The Balaban J connectivity index is 1.88. The van der Waals surface area contributed by atoms with Crippen LogP contribution in [0.25, 0.3) is 0 Å². The number of hydrogen-bond acceptors (Lipinski definition) is 3. The Labute approximate surface area is 138 Å². The molecule has 4 nitrogen and oxygen atoms in total. The summed E-state index contributed by atoms with van der Waals surface area (Å²) in [4.78, 5) is 12.1. The molecule has 0 heterocycles. The molecule has 1 aliphatic rings. The van der Waals surface area contributed by atoms with Gasteiger partial charge >= 0.3 is 0 Å². The van der Waals surface area contributed by atoms with Gasteiger partial charge in [-0.25, -0.2) is 0 Å². The van der Waals surface area contributed by atoms with E-state index in [1.165, 1.54) is 5.56 Å². The van der Waals surface area contributed by atoms with Crippen molar-refractivity contribution in [3.63, 3.8) is 0 Å². The maximum atomic E-state index is 12.1. The zero-order chi connectivity index (χ0) is 16.9. The van der Waals surface area contributed by atoms with Crippen LogP contribution >= 0.6 is 0 Å². The Kier molecular flexibility index (Phi) is 5.30. The second-order valence-electron chi connectivity index (χ2n) is 7.37. The van der Waals surface area contributed by atoms with Crippen molar-refractivity contribution in [2.45, 2.75) is 63.8 Å². The molecule has 1 amide bonds. The molecule has 0 aromatic heterocycles. The van der Waals surface area contributed by atoms with Crippen LogP contribution in [0.5, 0.6) is 5.75 Å². The molecule has 124 valence electrons. The molecule has 23 heavy (non-hydrogen) atoms. The molecule has 0 radical (unpaired) electrons. The van der Waals surface area contributed by atoms with Crippen molar-refractivity contribution in [1.29, 1.82) is 5.26 Å². The van der Waals surface area contributed by atoms with Crippen molar-refractivity contribution in [2.75, 3.05) is 6.61 Å². The molecule has 1 aliphatic carbocycles. The summed E-state index contributed by atoms with van der Waals surface area (Å²) in [6.45, 7) is 6.41. The normalized spacial score (nSPS) is 17.1. The van der Waals surface area contributed by atoms with Crippen molar-refractivity contribution in [3.05, 3.63) is 29.8 Å². The van der Waals surface area contributed by atoms with Crippen LogP contribution in [0.4, 0.5) is 0 Å². The number of benzene rings is 1. The van der Waals surface area contributed by atoms with Crippen LogP contribution in [0.1, 0.15) is 58.4 Å². The predicted molar refractivity (Wildman–Crippen MR) is 90.2 cm³/mol. The summed E-state index contributed by atoms with van der Waals surface area (Å²) in [7, 11) is 0. The van der Waals surface area contributed by atoms with Gasteiger partial charge in [-0.2, -0.15) is 5.26 Å². The van der Waals surface area contributed by atoms with Gasteiger partial charge in [0.15, 0.2) is 6.61 Å². The first-order chi connectivity index (χ1) is 10.8. The lowest BCUT2D eigenvalue weighted by atomic mass is 9.83. The van der Waals surface area contributed by atoms with E-state index in [0.29, 0.717) is 5.75 Å². The van der Waals surface area contributed by atoms with Gasteiger partial charge in [0.05, 0.1) is 6.07 Å². The average Bonchev–Trinajstić information content (AvgIpc) is 2.53. The van der Waals surface area contributed by atoms with Gasteiger partial charge in [-0.15, -0.1) is 0 Å². The summed E-state index contributed by atoms with van der Waals surface area (Å²) in [5, 5.41) is 12.2. The van der Waals surface area contributed by atoms with Crippen LogP contribution in [-0.2, 0) is 10.2 Å². The molecule has 1 aromatic rings. The standard InChI is InChI=1S/C19H26N2O2/c1-18(2,3)15-7-9-16(10-8-15)23-13-17(22)21-19(14-20)11-5-4-6-12-19/h7-10H,4-6,11-13H2,1-3H3,(H,21,22). The van der Waals surface area contributed by atoms with E-state index in [2.05, 4.69) is 32.2 Å². The van der Waals surface area contributed by atoms with Crippen molar-refractivity contribution in [1.82, 2.24) is 5.32 Å². The van der Waals surface area contributed by atoms with Crippen LogP contribution < -0.4 is 10.1 Å². The van der Waals surface area contributed by atoms with E-state index in [4.69, 9.17) is 4.74 Å². The Hall–Kier alpha value is -2.02. The highest BCUT2D eigenvalue weighted by Gasteiger charge is 2.33. The molecule has 0 aliphatic heterocycles. The smallest absolute Gasteiger partial charge is 0.259 e. The van der Waals surface area contributed by atoms with Gasteiger partial charge in [0.2, 0.25) is 0 Å². The fourth-order valence-corrected chi connectivity index (χ4v) is 2.92. The van der Waals surface area contributed by atoms with E-state index in [1.54, 1.807) is 0 Å². The molecular formula is C19H26N2O2. The van der Waals surface area contributed by atoms with E-state index in [1.807, 2.05) is 24.3 Å². The van der Waals surface area contributed by atoms with Crippen LogP contribution in [-0.4, -0.2) is 18.1 Å². The maximum Gasteiger partial charge on any atom is 0.259 e. The van der Waals surface area contributed by atoms with Crippen LogP contribution in [0.15, 0.2) is 24.3 Å². The predicted octanol–water partition coefficient (Wildman–Crippen LogP) is 3.71. The first-order valence-electron chi connectivity index (χ1n) is 8.30. The third kappa shape index (κ3) is 4.72. The van der Waals surface area contributed by atoms with Crippen molar-refractivity contribution >= 4 is 5.91 Å². The molecule has 0 saturated heterocycles. The molecule has 0 unspecified atom stereocenters. The third-order valence-electron chi connectivity index (χ3n) is 4.39. The molecule has 0 spiro atoms. The summed E-state index contributed by atoms with van der Waals surface area (Å²) in [5.41, 5.74) is 0.616. The highest BCUT2D eigenvalue weighted by Crippen LogP contribution is 2.27. The number of hydrogen-bond donors (Lipinski definition) is 1. The number of amides is 1. The summed E-state index contributed by atoms with van der Waals surface area (Å²) in [6.07, 6.45) is 4.58. The number of ether oxygens (including phenoxy) is 1. The summed E-state index contributed by atoms with van der Waals surface area (Å²) in [6, 6.07) is 10.1. The Bertz CT molecular complexity index is 573. The summed E-state index contributed by atoms with van der Waals surface area (Å²) < 4.78 is 5.55. The lowest BCUT2D eigenvalue weighted by Gasteiger charge is -2.31. The Morgan fingerprint density at radius 1 is 1.22 bits per heavy atom. The van der Waals surface area contributed by atoms with Gasteiger partial charge in [-0.05, 0) is 36.0 Å². The largest absolute Gasteiger partial charge is 0.484 e. The second-order valence-corrected chi connectivity index (χ2v) is 7.37. The van der Waals surface area contributed by atoms with Gasteiger partial charge in [0.25, 0.3) is 5.91 Å². The van der Waals surface area contributed by atoms with Crippen molar-refractivity contribution in [3.8, 4) is 11.8 Å². The minimum absolute atomic E-state index is 0.0572. The van der Waals surface area contributed by atoms with Crippen molar-refractivity contribution in [2.24, 2.45) is 0 Å². The maximum absolute atomic E-state index is 12.1. The quantitative estimate of drug-likeness (QED) is 0.921. The van der Waals surface area contributed by atoms with Crippen LogP contribution in [0.2, 0.25) is 0 Å². The minimum Gasteiger partial charge on any atom is -0.484 e. The molecule has 4 heteroatoms. The highest BCUT2D eigenvalue weighted by molar-refractivity contribution is 5.78. The van der Waals surface area contributed by atoms with E-state index in [0.717, 1.165) is 32.1 Å². The van der Waals surface area contributed by atoms with Gasteiger partial charge in [0, 0.05) is 0 Å². The fourth-order valence-electron chi connectivity index (χ4n) is 2.92. The molecule has 1 fully saturated rings. The first kappa shape index (κ1) is 17.3. The number of rotatable bonds is 4. The van der Waals surface area contributed by atoms with Gasteiger partial charge in [-0.3, -0.25) is 4.79 Å². The fraction of sp³-hybridized carbons (Fsp3) is 0.579. The molecule has 2 rings (SSSR count). The van der Waals surface area contributed by atoms with Crippen LogP contribution in [0, 0.1) is 11.3 Å². The third-order valence-corrected chi connectivity index (χ3v) is 4.39. The van der Waals surface area contributed by atoms with E-state index in [-0.39, 0.29) is 17.9 Å². The monoisotopic (exact) mass is 314 g/mol. The summed E-state index contributed by atoms with van der Waals surface area (Å²) in [5.74, 6) is 0.441. The lowest BCUT2D eigenvalue weighted by Crippen LogP contribution is -2.50. The molecule has 0 atom stereocenters. The zero-order valence-electron chi connectivity index (χ0n) is 14.3. The lowest BCUT2D eigenvalue weighted by molar-refractivity contribution is -0.124. The molecule has 1 saturated carbocycles. The highest BCUT2D eigenvalue weighted by atomic mass is 16.5. The molecule has 1 aromatic carbocycles. The Morgan fingerprint density at radius 2 is 1.83 bits per heavy atom. The van der Waals surface area contributed by atoms with E-state index >= 15 is 0 Å². The van der Waals surface area contributed by atoms with E-state index in [9.17, 15) is 10.1 Å². The minimum atomic E-state index is -0.700. The molecule has 1 N–H and O–H groups in total. The number of carbonyl (C=O) groups excluding carboxylic acids is 1.